The van der Waals surface area contributed by atoms with Crippen molar-refractivity contribution in [1.29, 1.82) is 0 Å². The van der Waals surface area contributed by atoms with Crippen molar-refractivity contribution in [3.05, 3.63) is 59.8 Å². The summed E-state index contributed by atoms with van der Waals surface area (Å²) in [4.78, 5) is 20.8. The van der Waals surface area contributed by atoms with E-state index in [0.29, 0.717) is 6.54 Å². The predicted octanol–water partition coefficient (Wildman–Crippen LogP) is 1.83. The summed E-state index contributed by atoms with van der Waals surface area (Å²) in [6.45, 7) is 6.35. The van der Waals surface area contributed by atoms with Crippen LogP contribution in [0.5, 0.6) is 0 Å². The molecule has 1 aromatic carbocycles. The first-order valence-electron chi connectivity index (χ1n) is 8.42. The minimum absolute atomic E-state index is 0.169. The number of hydrogen-bond donors (Lipinski definition) is 1. The molecular weight excluding hydrogens is 300 g/mol. The summed E-state index contributed by atoms with van der Waals surface area (Å²) in [5, 5.41) is 3.24. The van der Waals surface area contributed by atoms with Crippen molar-refractivity contribution >= 4 is 11.7 Å². The molecular formula is C19H24N4O. The van der Waals surface area contributed by atoms with Gasteiger partial charge in [-0.05, 0) is 24.6 Å². The van der Waals surface area contributed by atoms with Gasteiger partial charge in [-0.1, -0.05) is 35.9 Å². The second kappa shape index (κ2) is 7.93. The highest BCUT2D eigenvalue weighted by molar-refractivity contribution is 5.78. The minimum Gasteiger partial charge on any atom is -0.353 e. The number of aromatic nitrogens is 1. The number of benzene rings is 1. The molecule has 0 spiro atoms. The molecule has 1 fully saturated rings. The van der Waals surface area contributed by atoms with Crippen LogP contribution in [0.2, 0.25) is 0 Å². The summed E-state index contributed by atoms with van der Waals surface area (Å²) < 4.78 is 0. The molecule has 0 aliphatic carbocycles. The smallest absolute Gasteiger partial charge is 0.236 e. The van der Waals surface area contributed by atoms with Crippen LogP contribution in [0.15, 0.2) is 48.7 Å². The van der Waals surface area contributed by atoms with Crippen LogP contribution in [0, 0.1) is 6.92 Å². The van der Waals surface area contributed by atoms with E-state index in [4.69, 9.17) is 0 Å². The summed E-state index contributed by atoms with van der Waals surface area (Å²) in [7, 11) is 0. The van der Waals surface area contributed by atoms with Gasteiger partial charge in [-0.15, -0.1) is 0 Å². The summed E-state index contributed by atoms with van der Waals surface area (Å²) in [5.74, 6) is 1.16. The maximum Gasteiger partial charge on any atom is 0.236 e. The Morgan fingerprint density at radius 2 is 1.83 bits per heavy atom. The average Bonchev–Trinajstić information content (AvgIpc) is 2.64. The topological polar surface area (TPSA) is 48.5 Å². The molecule has 3 rings (SSSR count). The van der Waals surface area contributed by atoms with Gasteiger partial charge in [0, 0.05) is 38.9 Å². The molecule has 0 bridgehead atoms. The molecule has 126 valence electrons. The highest BCUT2D eigenvalue weighted by Crippen LogP contribution is 2.12. The van der Waals surface area contributed by atoms with Gasteiger partial charge in [-0.3, -0.25) is 4.79 Å². The van der Waals surface area contributed by atoms with E-state index in [1.807, 2.05) is 29.3 Å². The highest BCUT2D eigenvalue weighted by Gasteiger charge is 2.21. The first-order chi connectivity index (χ1) is 11.7. The molecule has 1 aliphatic rings. The van der Waals surface area contributed by atoms with Gasteiger partial charge in [0.15, 0.2) is 0 Å². The number of piperazine rings is 1. The Morgan fingerprint density at radius 3 is 2.50 bits per heavy atom. The van der Waals surface area contributed by atoms with E-state index >= 15 is 0 Å². The van der Waals surface area contributed by atoms with Crippen LogP contribution in [0.25, 0.3) is 0 Å². The van der Waals surface area contributed by atoms with E-state index in [1.54, 1.807) is 0 Å². The number of nitrogens with zero attached hydrogens (tertiary/aromatic N) is 3. The second-order valence-electron chi connectivity index (χ2n) is 6.14. The predicted molar refractivity (Wildman–Crippen MR) is 95.9 cm³/mol. The zero-order valence-corrected chi connectivity index (χ0v) is 14.1. The summed E-state index contributed by atoms with van der Waals surface area (Å²) in [6.07, 6.45) is 1.81. The Bertz CT molecular complexity index is 649. The maximum absolute atomic E-state index is 12.3. The molecule has 0 atom stereocenters. The Labute approximate surface area is 143 Å². The van der Waals surface area contributed by atoms with E-state index < -0.39 is 0 Å². The Balaban J connectivity index is 1.41. The number of amides is 1. The third-order valence-corrected chi connectivity index (χ3v) is 4.33. The maximum atomic E-state index is 12.3. The normalized spacial score (nSPS) is 14.7. The molecule has 1 amide bonds. The molecule has 2 heterocycles. The molecule has 1 aromatic heterocycles. The van der Waals surface area contributed by atoms with E-state index in [0.717, 1.165) is 38.5 Å². The van der Waals surface area contributed by atoms with Gasteiger partial charge < -0.3 is 15.1 Å². The molecule has 1 aliphatic heterocycles. The van der Waals surface area contributed by atoms with Crippen molar-refractivity contribution in [2.45, 2.75) is 13.5 Å². The highest BCUT2D eigenvalue weighted by atomic mass is 16.2. The Kier molecular flexibility index (Phi) is 5.43. The van der Waals surface area contributed by atoms with Crippen LogP contribution in [0.4, 0.5) is 5.82 Å². The van der Waals surface area contributed by atoms with Gasteiger partial charge in [0.1, 0.15) is 5.82 Å². The number of carbonyl (C=O) groups is 1. The molecule has 0 unspecified atom stereocenters. The van der Waals surface area contributed by atoms with Crippen LogP contribution in [0.1, 0.15) is 11.1 Å². The second-order valence-corrected chi connectivity index (χ2v) is 6.14. The summed E-state index contributed by atoms with van der Waals surface area (Å²) in [5.41, 5.74) is 2.45. The van der Waals surface area contributed by atoms with Crippen LogP contribution in [-0.2, 0) is 11.3 Å². The fraction of sp³-hybridized carbons (Fsp3) is 0.368. The lowest BCUT2D eigenvalue weighted by atomic mass is 10.1. The molecule has 2 aromatic rings. The van der Waals surface area contributed by atoms with E-state index in [-0.39, 0.29) is 5.91 Å². The number of pyridine rings is 1. The number of nitrogens with one attached hydrogen (secondary N) is 1. The van der Waals surface area contributed by atoms with Crippen molar-refractivity contribution in [1.82, 2.24) is 15.2 Å². The lowest BCUT2D eigenvalue weighted by Crippen LogP contribution is -2.51. The Hall–Kier alpha value is -2.40. The standard InChI is InChI=1S/C19H24N4O/c1-16-5-7-17(8-6-16)14-20-15-19(24)23-12-10-22(11-13-23)18-4-2-3-9-21-18/h2-9,20H,10-15H2,1H3. The molecule has 24 heavy (non-hydrogen) atoms. The van der Waals surface area contributed by atoms with Crippen LogP contribution in [-0.4, -0.2) is 48.5 Å². The molecule has 5 heteroatoms. The number of anilines is 1. The summed E-state index contributed by atoms with van der Waals surface area (Å²) in [6, 6.07) is 14.3. The fourth-order valence-electron chi connectivity index (χ4n) is 2.86. The molecule has 0 saturated carbocycles. The van der Waals surface area contributed by atoms with Crippen LogP contribution >= 0.6 is 0 Å². The lowest BCUT2D eigenvalue weighted by Gasteiger charge is -2.35. The zero-order chi connectivity index (χ0) is 16.8. The van der Waals surface area contributed by atoms with E-state index in [9.17, 15) is 4.79 Å². The van der Waals surface area contributed by atoms with Crippen molar-refractivity contribution in [3.63, 3.8) is 0 Å². The number of aryl methyl sites for hydroxylation is 1. The van der Waals surface area contributed by atoms with E-state index in [1.165, 1.54) is 11.1 Å². The first kappa shape index (κ1) is 16.5. The van der Waals surface area contributed by atoms with Crippen molar-refractivity contribution in [3.8, 4) is 0 Å². The average molecular weight is 324 g/mol. The van der Waals surface area contributed by atoms with Crippen LogP contribution < -0.4 is 10.2 Å². The largest absolute Gasteiger partial charge is 0.353 e. The Morgan fingerprint density at radius 1 is 1.08 bits per heavy atom. The van der Waals surface area contributed by atoms with Crippen molar-refractivity contribution < 1.29 is 4.79 Å². The number of carbonyl (C=O) groups excluding carboxylic acids is 1. The molecule has 1 N–H and O–H groups in total. The van der Waals surface area contributed by atoms with Gasteiger partial charge in [-0.25, -0.2) is 4.98 Å². The third kappa shape index (κ3) is 4.32. The van der Waals surface area contributed by atoms with Gasteiger partial charge >= 0.3 is 0 Å². The number of rotatable bonds is 5. The first-order valence-corrected chi connectivity index (χ1v) is 8.42. The fourth-order valence-corrected chi connectivity index (χ4v) is 2.86. The van der Waals surface area contributed by atoms with Gasteiger partial charge in [0.05, 0.1) is 6.54 Å². The molecule has 5 nitrogen and oxygen atoms in total. The van der Waals surface area contributed by atoms with Gasteiger partial charge in [0.25, 0.3) is 0 Å². The monoisotopic (exact) mass is 324 g/mol. The summed E-state index contributed by atoms with van der Waals surface area (Å²) >= 11 is 0. The van der Waals surface area contributed by atoms with Crippen molar-refractivity contribution in [2.75, 3.05) is 37.6 Å². The molecule has 0 radical (unpaired) electrons. The zero-order valence-electron chi connectivity index (χ0n) is 14.1. The van der Waals surface area contributed by atoms with Crippen molar-refractivity contribution in [2.24, 2.45) is 0 Å². The van der Waals surface area contributed by atoms with Gasteiger partial charge in [-0.2, -0.15) is 0 Å². The third-order valence-electron chi connectivity index (χ3n) is 4.33. The quantitative estimate of drug-likeness (QED) is 0.911. The number of hydrogen-bond acceptors (Lipinski definition) is 4. The lowest BCUT2D eigenvalue weighted by molar-refractivity contribution is -0.130. The SMILES string of the molecule is Cc1ccc(CNCC(=O)N2CCN(c3ccccn3)CC2)cc1. The van der Waals surface area contributed by atoms with Crippen LogP contribution in [0.3, 0.4) is 0 Å². The van der Waals surface area contributed by atoms with E-state index in [2.05, 4.69) is 46.4 Å². The van der Waals surface area contributed by atoms with Gasteiger partial charge in [0.2, 0.25) is 5.91 Å². The minimum atomic E-state index is 0.169. The molecule has 1 saturated heterocycles.